The lowest BCUT2D eigenvalue weighted by molar-refractivity contribution is 1.21. The molecular weight excluding hydrogens is 138 g/mol. The molecule has 0 saturated carbocycles. The molecule has 0 atom stereocenters. The normalized spacial score (nSPS) is 10.7. The van der Waals surface area contributed by atoms with E-state index in [4.69, 9.17) is 0 Å². The standard InChI is InChI=1S/C7H11NO.C2H6/c1-3-5-6-7(4-2)8-9;1-2/h4-6H,3H2,1-2H3;1-2H3/b6-5-,7-4+;. The van der Waals surface area contributed by atoms with E-state index in [9.17, 15) is 4.91 Å². The third-order valence-corrected chi connectivity index (χ3v) is 0.925. The number of nitrogens with zero attached hydrogens (tertiary/aromatic N) is 1. The van der Waals surface area contributed by atoms with Crippen molar-refractivity contribution in [3.63, 3.8) is 0 Å². The van der Waals surface area contributed by atoms with Crippen LogP contribution in [0.15, 0.2) is 29.1 Å². The van der Waals surface area contributed by atoms with Gasteiger partial charge in [-0.25, -0.2) is 0 Å². The Morgan fingerprint density at radius 3 is 2.27 bits per heavy atom. The maximum absolute atomic E-state index is 9.87. The van der Waals surface area contributed by atoms with Crippen LogP contribution in [-0.2, 0) is 0 Å². The average molecular weight is 155 g/mol. The van der Waals surface area contributed by atoms with Crippen molar-refractivity contribution in [2.24, 2.45) is 5.18 Å². The molecule has 0 aromatic heterocycles. The Bertz CT molecular complexity index is 136. The summed E-state index contributed by atoms with van der Waals surface area (Å²) < 4.78 is 0. The van der Waals surface area contributed by atoms with E-state index in [2.05, 4.69) is 5.18 Å². The second kappa shape index (κ2) is 11.8. The van der Waals surface area contributed by atoms with Gasteiger partial charge in [-0.05, 0) is 24.6 Å². The van der Waals surface area contributed by atoms with Crippen LogP contribution in [0.25, 0.3) is 0 Å². The summed E-state index contributed by atoms with van der Waals surface area (Å²) in [6.45, 7) is 7.80. The van der Waals surface area contributed by atoms with Crippen LogP contribution in [0.3, 0.4) is 0 Å². The van der Waals surface area contributed by atoms with Crippen molar-refractivity contribution in [3.05, 3.63) is 28.8 Å². The van der Waals surface area contributed by atoms with Crippen LogP contribution >= 0.6 is 0 Å². The average Bonchev–Trinajstić information content (AvgIpc) is 2.10. The van der Waals surface area contributed by atoms with Gasteiger partial charge in [-0.1, -0.05) is 32.9 Å². The Hall–Kier alpha value is -0.920. The Balaban J connectivity index is 0. The highest BCUT2D eigenvalue weighted by molar-refractivity contribution is 5.15. The molecular formula is C9H17NO. The van der Waals surface area contributed by atoms with Gasteiger partial charge in [-0.2, -0.15) is 0 Å². The first-order chi connectivity index (χ1) is 5.35. The molecule has 0 unspecified atom stereocenters. The topological polar surface area (TPSA) is 29.4 Å². The predicted octanol–water partition coefficient (Wildman–Crippen LogP) is 3.65. The first kappa shape index (κ1) is 12.7. The van der Waals surface area contributed by atoms with E-state index >= 15 is 0 Å². The fraction of sp³-hybridized carbons (Fsp3) is 0.556. The second-order valence-electron chi connectivity index (χ2n) is 1.62. The number of rotatable bonds is 3. The Morgan fingerprint density at radius 1 is 1.45 bits per heavy atom. The molecule has 0 rings (SSSR count). The lowest BCUT2D eigenvalue weighted by atomic mass is 10.3. The van der Waals surface area contributed by atoms with E-state index in [1.54, 1.807) is 19.1 Å². The molecule has 0 aliphatic heterocycles. The minimum absolute atomic E-state index is 0.497. The van der Waals surface area contributed by atoms with Gasteiger partial charge in [-0.3, -0.25) is 0 Å². The molecule has 0 heterocycles. The zero-order valence-corrected chi connectivity index (χ0v) is 7.79. The Labute approximate surface area is 69.0 Å². The van der Waals surface area contributed by atoms with Crippen LogP contribution in [0.2, 0.25) is 0 Å². The molecule has 0 radical (unpaired) electrons. The van der Waals surface area contributed by atoms with Crippen LogP contribution in [0.1, 0.15) is 34.1 Å². The largest absolute Gasteiger partial charge is 0.145 e. The summed E-state index contributed by atoms with van der Waals surface area (Å²) in [6, 6.07) is 0. The lowest BCUT2D eigenvalue weighted by Crippen LogP contribution is -1.65. The van der Waals surface area contributed by atoms with Crippen molar-refractivity contribution in [1.29, 1.82) is 0 Å². The van der Waals surface area contributed by atoms with Gasteiger partial charge in [-0.15, -0.1) is 4.91 Å². The zero-order valence-electron chi connectivity index (χ0n) is 7.79. The summed E-state index contributed by atoms with van der Waals surface area (Å²) in [5, 5.41) is 2.77. The van der Waals surface area contributed by atoms with Gasteiger partial charge in [0.05, 0.1) is 0 Å². The third kappa shape index (κ3) is 9.08. The van der Waals surface area contributed by atoms with Crippen LogP contribution in [0.4, 0.5) is 0 Å². The maximum atomic E-state index is 9.87. The molecule has 2 nitrogen and oxygen atoms in total. The van der Waals surface area contributed by atoms with E-state index in [0.29, 0.717) is 5.70 Å². The summed E-state index contributed by atoms with van der Waals surface area (Å²) in [5.41, 5.74) is 0.497. The van der Waals surface area contributed by atoms with E-state index in [0.717, 1.165) is 6.42 Å². The van der Waals surface area contributed by atoms with E-state index in [1.807, 2.05) is 26.8 Å². The highest BCUT2D eigenvalue weighted by atomic mass is 16.3. The number of nitroso groups, excluding NO2 is 1. The van der Waals surface area contributed by atoms with Crippen molar-refractivity contribution < 1.29 is 0 Å². The molecule has 0 amide bonds. The smallest absolute Gasteiger partial charge is 0.103 e. The number of allylic oxidation sites excluding steroid dienone is 3. The number of hydrogen-bond acceptors (Lipinski definition) is 2. The van der Waals surface area contributed by atoms with Gasteiger partial charge in [0.1, 0.15) is 5.70 Å². The minimum Gasteiger partial charge on any atom is -0.145 e. The van der Waals surface area contributed by atoms with Crippen molar-refractivity contribution >= 4 is 0 Å². The SMILES string of the molecule is C/C=C(\C=C/CC)N=O.CC. The predicted molar refractivity (Wildman–Crippen MR) is 50.3 cm³/mol. The first-order valence-electron chi connectivity index (χ1n) is 4.01. The van der Waals surface area contributed by atoms with Gasteiger partial charge in [0.15, 0.2) is 0 Å². The van der Waals surface area contributed by atoms with E-state index in [1.165, 1.54) is 0 Å². The van der Waals surface area contributed by atoms with Crippen molar-refractivity contribution in [2.45, 2.75) is 34.1 Å². The summed E-state index contributed by atoms with van der Waals surface area (Å²) in [7, 11) is 0. The van der Waals surface area contributed by atoms with Crippen LogP contribution in [0, 0.1) is 4.91 Å². The third-order valence-electron chi connectivity index (χ3n) is 0.925. The molecule has 64 valence electrons. The molecule has 0 bridgehead atoms. The summed E-state index contributed by atoms with van der Waals surface area (Å²) in [5.74, 6) is 0. The summed E-state index contributed by atoms with van der Waals surface area (Å²) >= 11 is 0. The monoisotopic (exact) mass is 155 g/mol. The second-order valence-corrected chi connectivity index (χ2v) is 1.62. The van der Waals surface area contributed by atoms with Crippen LogP contribution in [-0.4, -0.2) is 0 Å². The van der Waals surface area contributed by atoms with E-state index < -0.39 is 0 Å². The van der Waals surface area contributed by atoms with Gasteiger partial charge in [0.25, 0.3) is 0 Å². The van der Waals surface area contributed by atoms with Crippen LogP contribution in [0.5, 0.6) is 0 Å². The molecule has 0 aliphatic carbocycles. The van der Waals surface area contributed by atoms with E-state index in [-0.39, 0.29) is 0 Å². The fourth-order valence-corrected chi connectivity index (χ4v) is 0.418. The van der Waals surface area contributed by atoms with Gasteiger partial charge < -0.3 is 0 Å². The molecule has 0 spiro atoms. The maximum Gasteiger partial charge on any atom is 0.103 e. The molecule has 0 aliphatic rings. The highest BCUT2D eigenvalue weighted by Gasteiger charge is 1.82. The summed E-state index contributed by atoms with van der Waals surface area (Å²) in [6.07, 6.45) is 6.23. The summed E-state index contributed by atoms with van der Waals surface area (Å²) in [4.78, 5) is 9.87. The first-order valence-corrected chi connectivity index (χ1v) is 4.01. The molecule has 0 aromatic carbocycles. The van der Waals surface area contributed by atoms with Crippen molar-refractivity contribution in [3.8, 4) is 0 Å². The Morgan fingerprint density at radius 2 is 2.00 bits per heavy atom. The molecule has 0 saturated heterocycles. The highest BCUT2D eigenvalue weighted by Crippen LogP contribution is 1.97. The molecule has 2 heteroatoms. The van der Waals surface area contributed by atoms with Crippen molar-refractivity contribution in [1.82, 2.24) is 0 Å². The fourth-order valence-electron chi connectivity index (χ4n) is 0.418. The van der Waals surface area contributed by atoms with Gasteiger partial charge in [0, 0.05) is 0 Å². The zero-order chi connectivity index (χ0) is 9.11. The van der Waals surface area contributed by atoms with Gasteiger partial charge in [0.2, 0.25) is 0 Å². The van der Waals surface area contributed by atoms with Crippen molar-refractivity contribution in [2.75, 3.05) is 0 Å². The van der Waals surface area contributed by atoms with Gasteiger partial charge >= 0.3 is 0 Å². The minimum atomic E-state index is 0.497. The molecule has 0 fully saturated rings. The Kier molecular flexibility index (Phi) is 13.7. The lowest BCUT2D eigenvalue weighted by Gasteiger charge is -1.81. The quantitative estimate of drug-likeness (QED) is 0.452. The molecule has 0 N–H and O–H groups in total. The molecule has 11 heavy (non-hydrogen) atoms. The van der Waals surface area contributed by atoms with Crippen LogP contribution < -0.4 is 0 Å². The number of hydrogen-bond donors (Lipinski definition) is 0. The molecule has 0 aromatic rings.